The average molecular weight is 587 g/mol. The van der Waals surface area contributed by atoms with Crippen molar-refractivity contribution < 1.29 is 8.81 Å². The first-order valence-corrected chi connectivity index (χ1v) is 13.9. The minimum Gasteiger partial charge on any atom is -0.422 e. The van der Waals surface area contributed by atoms with Gasteiger partial charge in [-0.05, 0) is 48.5 Å². The van der Waals surface area contributed by atoms with E-state index in [1.54, 1.807) is 40.7 Å². The number of hydrogen-bond acceptors (Lipinski definition) is 7. The van der Waals surface area contributed by atoms with Crippen molar-refractivity contribution in [1.29, 1.82) is 0 Å². The Hall–Kier alpha value is -4.11. The predicted octanol–water partition coefficient (Wildman–Crippen LogP) is 8.27. The molecule has 6 aromatic rings. The molecule has 0 aliphatic carbocycles. The first kappa shape index (κ1) is 24.9. The Kier molecular flexibility index (Phi) is 6.11. The van der Waals surface area contributed by atoms with Crippen LogP contribution in [0.4, 0.5) is 9.52 Å². The highest BCUT2D eigenvalue weighted by Crippen LogP contribution is 2.42. The Morgan fingerprint density at radius 1 is 0.950 bits per heavy atom. The Bertz CT molecular complexity index is 2040. The van der Waals surface area contributed by atoms with Gasteiger partial charge in [-0.3, -0.25) is 0 Å². The third-order valence-electron chi connectivity index (χ3n) is 6.79. The minimum absolute atomic E-state index is 0.313. The average Bonchev–Trinajstić information content (AvgIpc) is 3.60. The number of hydrogen-bond donors (Lipinski definition) is 0. The quantitative estimate of drug-likeness (QED) is 0.153. The molecule has 0 amide bonds. The maximum absolute atomic E-state index is 14.1. The number of thiazole rings is 1. The normalized spacial score (nSPS) is 15.2. The van der Waals surface area contributed by atoms with Crippen LogP contribution in [0.3, 0.4) is 0 Å². The number of aromatic nitrogens is 2. The molecule has 1 aliphatic heterocycles. The minimum atomic E-state index is -0.504. The molecule has 7 rings (SSSR count). The van der Waals surface area contributed by atoms with Gasteiger partial charge in [-0.25, -0.2) is 24.2 Å². The molecule has 196 valence electrons. The summed E-state index contributed by atoms with van der Waals surface area (Å²) in [5.41, 5.74) is 3.61. The molecule has 40 heavy (non-hydrogen) atoms. The van der Waals surface area contributed by atoms with Crippen LogP contribution in [0.15, 0.2) is 98.6 Å². The summed E-state index contributed by atoms with van der Waals surface area (Å²) in [6, 6.07) is 22.5. The second-order valence-corrected chi connectivity index (χ2v) is 11.0. The molecular formula is C30H17Cl2FN4O2S. The van der Waals surface area contributed by atoms with Crippen LogP contribution in [-0.2, 0) is 0 Å². The Morgan fingerprint density at radius 3 is 2.70 bits per heavy atom. The number of nitrogens with zero attached hydrogens (tertiary/aromatic N) is 4. The number of halogens is 3. The topological polar surface area (TPSA) is 71.6 Å². The number of benzene rings is 3. The molecular weight excluding hydrogens is 570 g/mol. The molecule has 0 fully saturated rings. The van der Waals surface area contributed by atoms with Crippen molar-refractivity contribution in [3.63, 3.8) is 0 Å². The third-order valence-corrected chi connectivity index (χ3v) is 8.16. The molecule has 3 aromatic carbocycles. The Labute approximate surface area is 240 Å². The van der Waals surface area contributed by atoms with Gasteiger partial charge in [0.05, 0.1) is 28.5 Å². The van der Waals surface area contributed by atoms with E-state index in [0.717, 1.165) is 16.5 Å². The number of para-hydroxylation sites is 1. The van der Waals surface area contributed by atoms with Gasteiger partial charge in [0.25, 0.3) is 0 Å². The van der Waals surface area contributed by atoms with Gasteiger partial charge in [0, 0.05) is 38.7 Å². The zero-order valence-electron chi connectivity index (χ0n) is 20.5. The zero-order valence-corrected chi connectivity index (χ0v) is 22.8. The molecule has 1 atom stereocenters. The first-order valence-electron chi connectivity index (χ1n) is 12.3. The summed E-state index contributed by atoms with van der Waals surface area (Å²) in [5.74, 6) is -0.347. The fourth-order valence-electron chi connectivity index (χ4n) is 4.88. The van der Waals surface area contributed by atoms with Crippen LogP contribution in [-0.4, -0.2) is 15.7 Å². The number of anilines is 1. The van der Waals surface area contributed by atoms with E-state index in [9.17, 15) is 9.18 Å². The van der Waals surface area contributed by atoms with E-state index in [4.69, 9.17) is 37.7 Å². The largest absolute Gasteiger partial charge is 0.422 e. The lowest BCUT2D eigenvalue weighted by atomic mass is 9.98. The highest BCUT2D eigenvalue weighted by molar-refractivity contribution is 7.14. The van der Waals surface area contributed by atoms with Crippen molar-refractivity contribution in [2.75, 3.05) is 5.01 Å². The molecule has 0 bridgehead atoms. The fraction of sp³-hybridized carbons (Fsp3) is 0.0667. The van der Waals surface area contributed by atoms with Crippen molar-refractivity contribution in [2.24, 2.45) is 5.10 Å². The van der Waals surface area contributed by atoms with Crippen LogP contribution in [0.1, 0.15) is 23.6 Å². The van der Waals surface area contributed by atoms with E-state index in [-0.39, 0.29) is 11.9 Å². The summed E-state index contributed by atoms with van der Waals surface area (Å²) in [6.07, 6.45) is 0.453. The van der Waals surface area contributed by atoms with Crippen LogP contribution in [0, 0.1) is 5.82 Å². The van der Waals surface area contributed by atoms with Gasteiger partial charge in [-0.2, -0.15) is 5.10 Å². The van der Waals surface area contributed by atoms with Crippen molar-refractivity contribution in [3.8, 4) is 11.3 Å². The van der Waals surface area contributed by atoms with Gasteiger partial charge >= 0.3 is 5.63 Å². The predicted molar refractivity (Wildman–Crippen MR) is 158 cm³/mol. The number of rotatable bonds is 4. The van der Waals surface area contributed by atoms with Gasteiger partial charge < -0.3 is 4.42 Å². The van der Waals surface area contributed by atoms with Crippen LogP contribution in [0.2, 0.25) is 10.2 Å². The molecule has 4 heterocycles. The second kappa shape index (κ2) is 9.82. The van der Waals surface area contributed by atoms with Gasteiger partial charge in [-0.1, -0.05) is 53.5 Å². The summed E-state index contributed by atoms with van der Waals surface area (Å²) >= 11 is 14.2. The highest BCUT2D eigenvalue weighted by Gasteiger charge is 2.34. The fourth-order valence-corrected chi connectivity index (χ4v) is 6.16. The molecule has 1 aliphatic rings. The molecule has 1 unspecified atom stereocenters. The van der Waals surface area contributed by atoms with Gasteiger partial charge in [0.2, 0.25) is 5.13 Å². The number of hydrazone groups is 1. The summed E-state index contributed by atoms with van der Waals surface area (Å²) < 4.78 is 19.6. The Balaban J connectivity index is 1.34. The van der Waals surface area contributed by atoms with E-state index < -0.39 is 5.63 Å². The highest BCUT2D eigenvalue weighted by atomic mass is 35.5. The summed E-state index contributed by atoms with van der Waals surface area (Å²) in [4.78, 5) is 22.2. The lowest BCUT2D eigenvalue weighted by molar-refractivity contribution is 0.563. The van der Waals surface area contributed by atoms with Crippen molar-refractivity contribution in [2.45, 2.75) is 12.5 Å². The molecule has 3 aromatic heterocycles. The SMILES string of the molecule is O=c1oc2ccc(Cl)cc2cc1-c1csc(N2N=C(c3cccc(F)c3)CC2c2cc3ccccc3nc2Cl)n1. The van der Waals surface area contributed by atoms with Crippen molar-refractivity contribution in [3.05, 3.63) is 122 Å². The molecule has 0 radical (unpaired) electrons. The van der Waals surface area contributed by atoms with E-state index in [1.807, 2.05) is 36.4 Å². The molecule has 0 saturated carbocycles. The van der Waals surface area contributed by atoms with E-state index in [2.05, 4.69) is 4.98 Å². The smallest absolute Gasteiger partial charge is 0.345 e. The standard InChI is InChI=1S/C30H17Cl2FN4O2S/c31-19-8-9-27-18(10-19)13-21(29(38)39-27)25-15-40-30(35-25)37-26(14-24(36-37)16-5-3-6-20(33)11-16)22-12-17-4-1-2-7-23(17)34-28(22)32/h1-13,15,26H,14H2. The maximum atomic E-state index is 14.1. The number of pyridine rings is 1. The first-order chi connectivity index (χ1) is 19.4. The molecule has 10 heteroatoms. The Morgan fingerprint density at radius 2 is 1.82 bits per heavy atom. The van der Waals surface area contributed by atoms with Crippen LogP contribution >= 0.6 is 34.5 Å². The van der Waals surface area contributed by atoms with Gasteiger partial charge in [-0.15, -0.1) is 11.3 Å². The molecule has 0 N–H and O–H groups in total. The lowest BCUT2D eigenvalue weighted by Crippen LogP contribution is -2.19. The van der Waals surface area contributed by atoms with Crippen LogP contribution < -0.4 is 10.6 Å². The second-order valence-electron chi connectivity index (χ2n) is 9.33. The summed E-state index contributed by atoms with van der Waals surface area (Å²) in [7, 11) is 0. The molecule has 6 nitrogen and oxygen atoms in total. The van der Waals surface area contributed by atoms with Gasteiger partial charge in [0.15, 0.2) is 0 Å². The summed E-state index contributed by atoms with van der Waals surface area (Å²) in [5, 5.41) is 11.5. The van der Waals surface area contributed by atoms with Crippen LogP contribution in [0.5, 0.6) is 0 Å². The van der Waals surface area contributed by atoms with Gasteiger partial charge in [0.1, 0.15) is 16.6 Å². The van der Waals surface area contributed by atoms with Crippen molar-refractivity contribution >= 4 is 67.3 Å². The lowest BCUT2D eigenvalue weighted by Gasteiger charge is -2.22. The maximum Gasteiger partial charge on any atom is 0.345 e. The van der Waals surface area contributed by atoms with E-state index >= 15 is 0 Å². The third kappa shape index (κ3) is 4.44. The molecule has 0 spiro atoms. The van der Waals surface area contributed by atoms with Crippen molar-refractivity contribution in [1.82, 2.24) is 9.97 Å². The number of fused-ring (bicyclic) bond motifs is 2. The zero-order chi connectivity index (χ0) is 27.4. The van der Waals surface area contributed by atoms with E-state index in [0.29, 0.717) is 55.2 Å². The summed E-state index contributed by atoms with van der Waals surface area (Å²) in [6.45, 7) is 0. The van der Waals surface area contributed by atoms with Crippen LogP contribution in [0.25, 0.3) is 33.1 Å². The van der Waals surface area contributed by atoms with E-state index in [1.165, 1.54) is 23.5 Å². The molecule has 0 saturated heterocycles. The monoisotopic (exact) mass is 586 g/mol.